The first-order chi connectivity index (χ1) is 11.2. The summed E-state index contributed by atoms with van der Waals surface area (Å²) in [6.45, 7) is 10.5. The van der Waals surface area contributed by atoms with Crippen molar-refractivity contribution in [2.24, 2.45) is 17.1 Å². The maximum atomic E-state index is 12.0. The van der Waals surface area contributed by atoms with Crippen molar-refractivity contribution in [1.29, 1.82) is 5.41 Å². The van der Waals surface area contributed by atoms with Crippen molar-refractivity contribution in [3.63, 3.8) is 0 Å². The number of rotatable bonds is 10. The quantitative estimate of drug-likeness (QED) is 0.346. The van der Waals surface area contributed by atoms with Crippen LogP contribution < -0.4 is 11.1 Å². The van der Waals surface area contributed by atoms with Crippen LogP contribution in [0.4, 0.5) is 0 Å². The number of benzene rings is 1. The maximum Gasteiger partial charge on any atom is 0.133 e. The van der Waals surface area contributed by atoms with Crippen molar-refractivity contribution in [1.82, 2.24) is 5.32 Å². The molecule has 0 spiro atoms. The summed E-state index contributed by atoms with van der Waals surface area (Å²) in [5.74, 6) is 0.929. The van der Waals surface area contributed by atoms with Gasteiger partial charge in [-0.05, 0) is 36.3 Å². The molecule has 0 amide bonds. The number of amidine groups is 1. The predicted octanol–water partition coefficient (Wildman–Crippen LogP) is 3.87. The molecule has 0 saturated heterocycles. The van der Waals surface area contributed by atoms with E-state index in [1.807, 2.05) is 24.3 Å². The topological polar surface area (TPSA) is 79.0 Å². The zero-order chi connectivity index (χ0) is 18.2. The van der Waals surface area contributed by atoms with Crippen LogP contribution >= 0.6 is 0 Å². The molecule has 1 aromatic rings. The van der Waals surface area contributed by atoms with E-state index in [-0.39, 0.29) is 5.84 Å². The van der Waals surface area contributed by atoms with Gasteiger partial charge in [0, 0.05) is 24.9 Å². The summed E-state index contributed by atoms with van der Waals surface area (Å²) >= 11 is 0. The minimum absolute atomic E-state index is 0.0914. The molecule has 0 aromatic heterocycles. The highest BCUT2D eigenvalue weighted by Crippen LogP contribution is 2.26. The summed E-state index contributed by atoms with van der Waals surface area (Å²) in [6.07, 6.45) is 3.33. The van der Waals surface area contributed by atoms with E-state index in [9.17, 15) is 4.79 Å². The Kier molecular flexibility index (Phi) is 8.13. The molecular weight excluding hydrogens is 298 g/mol. The molecular formula is C20H33N3O. The fourth-order valence-corrected chi connectivity index (χ4v) is 3.05. The molecule has 0 aliphatic rings. The Balaban J connectivity index is 2.17. The summed E-state index contributed by atoms with van der Waals surface area (Å²) < 4.78 is 0. The molecule has 1 atom stereocenters. The molecule has 0 saturated carbocycles. The van der Waals surface area contributed by atoms with Gasteiger partial charge in [0.25, 0.3) is 0 Å². The summed E-state index contributed by atoms with van der Waals surface area (Å²) in [5.41, 5.74) is 7.63. The van der Waals surface area contributed by atoms with Crippen LogP contribution in [0.1, 0.15) is 64.5 Å². The van der Waals surface area contributed by atoms with Gasteiger partial charge in [0.15, 0.2) is 0 Å². The van der Waals surface area contributed by atoms with Gasteiger partial charge < -0.3 is 11.1 Å². The van der Waals surface area contributed by atoms with Gasteiger partial charge in [-0.3, -0.25) is 10.2 Å². The standard InChI is InChI=1S/C20H33N3O/c1-15(13-20(2,3)4)12-18(24)6-5-11-23-14-16-7-9-17(10-8-16)19(21)22/h7-10,15,23H,5-6,11-14H2,1-4H3,(H3,21,22). The van der Waals surface area contributed by atoms with E-state index in [1.54, 1.807) is 0 Å². The summed E-state index contributed by atoms with van der Waals surface area (Å²) in [6, 6.07) is 7.67. The largest absolute Gasteiger partial charge is 0.384 e. The molecule has 0 radical (unpaired) electrons. The van der Waals surface area contributed by atoms with E-state index in [0.717, 1.165) is 37.1 Å². The Hall–Kier alpha value is -1.68. The molecule has 0 aliphatic carbocycles. The van der Waals surface area contributed by atoms with Crippen molar-refractivity contribution < 1.29 is 4.79 Å². The van der Waals surface area contributed by atoms with Gasteiger partial charge >= 0.3 is 0 Å². The Morgan fingerprint density at radius 3 is 2.42 bits per heavy atom. The third kappa shape index (κ3) is 8.82. The molecule has 0 bridgehead atoms. The van der Waals surface area contributed by atoms with Gasteiger partial charge in [0.2, 0.25) is 0 Å². The number of hydrogen-bond acceptors (Lipinski definition) is 3. The van der Waals surface area contributed by atoms with Crippen LogP contribution in [0.3, 0.4) is 0 Å². The minimum atomic E-state index is 0.0914. The van der Waals surface area contributed by atoms with E-state index in [2.05, 4.69) is 33.0 Å². The average Bonchev–Trinajstić information content (AvgIpc) is 2.45. The monoisotopic (exact) mass is 331 g/mol. The van der Waals surface area contributed by atoms with E-state index < -0.39 is 0 Å². The second kappa shape index (κ2) is 9.58. The maximum absolute atomic E-state index is 12.0. The van der Waals surface area contributed by atoms with Gasteiger partial charge in [0.05, 0.1) is 0 Å². The lowest BCUT2D eigenvalue weighted by Crippen LogP contribution is -2.17. The highest BCUT2D eigenvalue weighted by atomic mass is 16.1. The number of nitrogen functional groups attached to an aromatic ring is 1. The zero-order valence-electron chi connectivity index (χ0n) is 15.6. The molecule has 0 aliphatic heterocycles. The Labute approximate surface area is 146 Å². The molecule has 134 valence electrons. The van der Waals surface area contributed by atoms with Gasteiger partial charge in [-0.1, -0.05) is 52.0 Å². The first-order valence-corrected chi connectivity index (χ1v) is 8.83. The highest BCUT2D eigenvalue weighted by molar-refractivity contribution is 5.94. The smallest absolute Gasteiger partial charge is 0.133 e. The molecule has 4 heteroatoms. The lowest BCUT2D eigenvalue weighted by molar-refractivity contribution is -0.120. The van der Waals surface area contributed by atoms with Crippen molar-refractivity contribution >= 4 is 11.6 Å². The molecule has 1 unspecified atom stereocenters. The second-order valence-corrected chi connectivity index (χ2v) is 8.00. The molecule has 24 heavy (non-hydrogen) atoms. The number of hydrogen-bond donors (Lipinski definition) is 3. The third-order valence-electron chi connectivity index (χ3n) is 3.94. The molecule has 4 N–H and O–H groups in total. The summed E-state index contributed by atoms with van der Waals surface area (Å²) in [7, 11) is 0. The lowest BCUT2D eigenvalue weighted by Gasteiger charge is -2.22. The Morgan fingerprint density at radius 1 is 1.25 bits per heavy atom. The number of nitrogens with two attached hydrogens (primary N) is 1. The van der Waals surface area contributed by atoms with Gasteiger partial charge in [-0.15, -0.1) is 0 Å². The predicted molar refractivity (Wildman–Crippen MR) is 101 cm³/mol. The molecule has 1 rings (SSSR count). The minimum Gasteiger partial charge on any atom is -0.384 e. The first kappa shape index (κ1) is 20.4. The molecule has 0 fully saturated rings. The first-order valence-electron chi connectivity index (χ1n) is 8.83. The third-order valence-corrected chi connectivity index (χ3v) is 3.94. The number of carbonyl (C=O) groups is 1. The number of ketones is 1. The van der Waals surface area contributed by atoms with Crippen LogP contribution in [0.15, 0.2) is 24.3 Å². The number of Topliss-reactive ketones (excluding diaryl/α,β-unsaturated/α-hetero) is 1. The van der Waals surface area contributed by atoms with Crippen molar-refractivity contribution in [3.8, 4) is 0 Å². The SMILES string of the molecule is CC(CC(=O)CCCNCc1ccc(C(=N)N)cc1)CC(C)(C)C. The Morgan fingerprint density at radius 2 is 1.88 bits per heavy atom. The van der Waals surface area contributed by atoms with Crippen molar-refractivity contribution in [3.05, 3.63) is 35.4 Å². The average molecular weight is 332 g/mol. The molecule has 4 nitrogen and oxygen atoms in total. The van der Waals surface area contributed by atoms with Gasteiger partial charge in [-0.2, -0.15) is 0 Å². The van der Waals surface area contributed by atoms with Crippen molar-refractivity contribution in [2.75, 3.05) is 6.54 Å². The fourth-order valence-electron chi connectivity index (χ4n) is 3.05. The number of nitrogens with one attached hydrogen (secondary N) is 2. The van der Waals surface area contributed by atoms with Crippen LogP contribution in [-0.2, 0) is 11.3 Å². The second-order valence-electron chi connectivity index (χ2n) is 8.00. The highest BCUT2D eigenvalue weighted by Gasteiger charge is 2.17. The molecule has 0 heterocycles. The lowest BCUT2D eigenvalue weighted by atomic mass is 9.83. The van der Waals surface area contributed by atoms with Crippen LogP contribution in [0.25, 0.3) is 0 Å². The van der Waals surface area contributed by atoms with E-state index >= 15 is 0 Å². The van der Waals surface area contributed by atoms with Crippen LogP contribution in [0, 0.1) is 16.7 Å². The van der Waals surface area contributed by atoms with E-state index in [4.69, 9.17) is 11.1 Å². The van der Waals surface area contributed by atoms with Crippen LogP contribution in [-0.4, -0.2) is 18.2 Å². The van der Waals surface area contributed by atoms with Crippen LogP contribution in [0.5, 0.6) is 0 Å². The normalized spacial score (nSPS) is 12.8. The number of carbonyl (C=O) groups excluding carboxylic acids is 1. The fraction of sp³-hybridized carbons (Fsp3) is 0.600. The summed E-state index contributed by atoms with van der Waals surface area (Å²) in [4.78, 5) is 12.0. The van der Waals surface area contributed by atoms with Crippen molar-refractivity contribution in [2.45, 2.75) is 59.9 Å². The van der Waals surface area contributed by atoms with Gasteiger partial charge in [-0.25, -0.2) is 0 Å². The summed E-state index contributed by atoms with van der Waals surface area (Å²) in [5, 5.41) is 10.7. The van der Waals surface area contributed by atoms with Gasteiger partial charge in [0.1, 0.15) is 11.6 Å². The Bertz CT molecular complexity index is 529. The van der Waals surface area contributed by atoms with Crippen LogP contribution in [0.2, 0.25) is 0 Å². The van der Waals surface area contributed by atoms with E-state index in [0.29, 0.717) is 30.0 Å². The van der Waals surface area contributed by atoms with E-state index in [1.165, 1.54) is 0 Å². The zero-order valence-corrected chi connectivity index (χ0v) is 15.6. The molecule has 1 aromatic carbocycles.